The molecule has 7 nitrogen and oxygen atoms in total. The van der Waals surface area contributed by atoms with Gasteiger partial charge in [-0.3, -0.25) is 14.4 Å². The topological polar surface area (TPSA) is 105 Å². The number of anilines is 1. The minimum Gasteiger partial charge on any atom is -0.480 e. The van der Waals surface area contributed by atoms with E-state index >= 15 is 0 Å². The summed E-state index contributed by atoms with van der Waals surface area (Å²) in [7, 11) is 0. The highest BCUT2D eigenvalue weighted by molar-refractivity contribution is 6.00. The van der Waals surface area contributed by atoms with Crippen molar-refractivity contribution in [2.75, 3.05) is 5.32 Å². The molecule has 20 heavy (non-hydrogen) atoms. The molecule has 0 radical (unpaired) electrons. The van der Waals surface area contributed by atoms with E-state index in [9.17, 15) is 14.4 Å². The van der Waals surface area contributed by atoms with E-state index in [2.05, 4.69) is 10.6 Å². The van der Waals surface area contributed by atoms with Crippen molar-refractivity contribution in [2.24, 2.45) is 0 Å². The third-order valence-electron chi connectivity index (χ3n) is 2.83. The lowest BCUT2D eigenvalue weighted by Crippen LogP contribution is -2.44. The Morgan fingerprint density at radius 1 is 1.45 bits per heavy atom. The average molecular weight is 278 g/mol. The van der Waals surface area contributed by atoms with Crippen molar-refractivity contribution < 1.29 is 24.2 Å². The lowest BCUT2D eigenvalue weighted by Gasteiger charge is -2.25. The van der Waals surface area contributed by atoms with Crippen LogP contribution in [0.4, 0.5) is 5.69 Å². The van der Waals surface area contributed by atoms with Gasteiger partial charge in [0.2, 0.25) is 5.91 Å². The van der Waals surface area contributed by atoms with E-state index in [0.29, 0.717) is 11.4 Å². The lowest BCUT2D eigenvalue weighted by atomic mass is 10.1. The van der Waals surface area contributed by atoms with Gasteiger partial charge < -0.3 is 20.5 Å². The number of aliphatic carboxylic acids is 1. The molecule has 0 spiro atoms. The molecule has 0 saturated heterocycles. The van der Waals surface area contributed by atoms with Crippen LogP contribution in [-0.4, -0.2) is 35.0 Å². The number of carbonyl (C=O) groups is 3. The zero-order valence-corrected chi connectivity index (χ0v) is 10.8. The average Bonchev–Trinajstić information content (AvgIpc) is 2.39. The van der Waals surface area contributed by atoms with E-state index in [4.69, 9.17) is 9.84 Å². The summed E-state index contributed by atoms with van der Waals surface area (Å²) in [5.41, 5.74) is 0.549. The van der Waals surface area contributed by atoms with Crippen LogP contribution < -0.4 is 15.4 Å². The molecule has 1 aromatic carbocycles. The van der Waals surface area contributed by atoms with E-state index in [1.54, 1.807) is 24.3 Å². The predicted molar refractivity (Wildman–Crippen MR) is 69.3 cm³/mol. The molecule has 0 aromatic heterocycles. The van der Waals surface area contributed by atoms with Crippen LogP contribution in [0.1, 0.15) is 13.3 Å². The first kappa shape index (κ1) is 13.9. The van der Waals surface area contributed by atoms with Crippen LogP contribution in [0.2, 0.25) is 0 Å². The van der Waals surface area contributed by atoms with Crippen molar-refractivity contribution in [3.05, 3.63) is 24.3 Å². The standard InChI is InChI=1S/C13H14N2O5/c1-7(13(18)19)14-11(16)6-10-12(17)15-8-4-2-3-5-9(8)20-10/h2-5,7,10H,6H2,1H3,(H,14,16)(H,15,17)(H,18,19). The van der Waals surface area contributed by atoms with Gasteiger partial charge in [-0.05, 0) is 19.1 Å². The van der Waals surface area contributed by atoms with Gasteiger partial charge in [0.25, 0.3) is 5.91 Å². The van der Waals surface area contributed by atoms with Crippen LogP contribution in [0.5, 0.6) is 5.75 Å². The van der Waals surface area contributed by atoms with Crippen molar-refractivity contribution in [2.45, 2.75) is 25.5 Å². The number of rotatable bonds is 4. The molecule has 7 heteroatoms. The van der Waals surface area contributed by atoms with Crippen LogP contribution in [0.15, 0.2) is 24.3 Å². The molecule has 0 fully saturated rings. The van der Waals surface area contributed by atoms with Crippen molar-refractivity contribution in [1.82, 2.24) is 5.32 Å². The fourth-order valence-corrected chi connectivity index (χ4v) is 1.76. The Labute approximate surface area is 114 Å². The minimum atomic E-state index is -1.14. The van der Waals surface area contributed by atoms with Gasteiger partial charge in [0, 0.05) is 0 Å². The van der Waals surface area contributed by atoms with E-state index in [1.165, 1.54) is 6.92 Å². The number of benzene rings is 1. The van der Waals surface area contributed by atoms with Gasteiger partial charge >= 0.3 is 5.97 Å². The van der Waals surface area contributed by atoms with Gasteiger partial charge in [-0.25, -0.2) is 0 Å². The van der Waals surface area contributed by atoms with Gasteiger partial charge in [-0.2, -0.15) is 0 Å². The molecular weight excluding hydrogens is 264 g/mol. The second-order valence-electron chi connectivity index (χ2n) is 4.42. The maximum absolute atomic E-state index is 11.8. The van der Waals surface area contributed by atoms with Crippen LogP contribution in [-0.2, 0) is 14.4 Å². The first-order valence-electron chi connectivity index (χ1n) is 6.06. The lowest BCUT2D eigenvalue weighted by molar-refractivity contribution is -0.141. The number of hydrogen-bond donors (Lipinski definition) is 3. The van der Waals surface area contributed by atoms with Crippen molar-refractivity contribution in [3.8, 4) is 5.75 Å². The summed E-state index contributed by atoms with van der Waals surface area (Å²) in [6.07, 6.45) is -1.21. The Hall–Kier alpha value is -2.57. The van der Waals surface area contributed by atoms with Gasteiger partial charge in [0.05, 0.1) is 12.1 Å². The first-order valence-corrected chi connectivity index (χ1v) is 6.06. The van der Waals surface area contributed by atoms with Gasteiger partial charge in [-0.15, -0.1) is 0 Å². The molecule has 2 unspecified atom stereocenters. The molecule has 3 N–H and O–H groups in total. The molecule has 1 aromatic rings. The number of nitrogens with one attached hydrogen (secondary N) is 2. The fourth-order valence-electron chi connectivity index (χ4n) is 1.76. The maximum Gasteiger partial charge on any atom is 0.325 e. The molecule has 1 aliphatic rings. The van der Waals surface area contributed by atoms with E-state index < -0.39 is 29.9 Å². The van der Waals surface area contributed by atoms with Crippen LogP contribution in [0, 0.1) is 0 Å². The normalized spacial score (nSPS) is 18.2. The highest BCUT2D eigenvalue weighted by Gasteiger charge is 2.30. The molecule has 2 rings (SSSR count). The summed E-state index contributed by atoms with van der Waals surface area (Å²) in [5.74, 6) is -1.64. The number of carboxylic acids is 1. The molecule has 0 bridgehead atoms. The smallest absolute Gasteiger partial charge is 0.325 e. The van der Waals surface area contributed by atoms with Crippen molar-refractivity contribution >= 4 is 23.5 Å². The molecule has 0 saturated carbocycles. The molecule has 106 valence electrons. The van der Waals surface area contributed by atoms with Gasteiger partial charge in [-0.1, -0.05) is 12.1 Å². The number of amides is 2. The quantitative estimate of drug-likeness (QED) is 0.738. The van der Waals surface area contributed by atoms with Gasteiger partial charge in [0.1, 0.15) is 11.8 Å². The number of ether oxygens (including phenoxy) is 1. The zero-order valence-electron chi connectivity index (χ0n) is 10.8. The Kier molecular flexibility index (Phi) is 3.88. The van der Waals surface area contributed by atoms with Crippen LogP contribution in [0.3, 0.4) is 0 Å². The van der Waals surface area contributed by atoms with E-state index in [-0.39, 0.29) is 6.42 Å². The molecule has 0 aliphatic carbocycles. The summed E-state index contributed by atoms with van der Waals surface area (Å²) in [5, 5.41) is 13.6. The highest BCUT2D eigenvalue weighted by atomic mass is 16.5. The molecule has 1 aliphatic heterocycles. The molecular formula is C13H14N2O5. The third-order valence-corrected chi connectivity index (χ3v) is 2.83. The first-order chi connectivity index (χ1) is 9.47. The largest absolute Gasteiger partial charge is 0.480 e. The SMILES string of the molecule is CC(NC(=O)CC1Oc2ccccc2NC1=O)C(=O)O. The maximum atomic E-state index is 11.8. The Balaban J connectivity index is 1.99. The van der Waals surface area contributed by atoms with E-state index in [1.807, 2.05) is 0 Å². The molecule has 2 atom stereocenters. The number of carboxylic acid groups (broad SMARTS) is 1. The minimum absolute atomic E-state index is 0.238. The fraction of sp³-hybridized carbons (Fsp3) is 0.308. The monoisotopic (exact) mass is 278 g/mol. The third kappa shape index (κ3) is 3.05. The second kappa shape index (κ2) is 5.60. The van der Waals surface area contributed by atoms with Crippen molar-refractivity contribution in [3.63, 3.8) is 0 Å². The van der Waals surface area contributed by atoms with Crippen LogP contribution in [0.25, 0.3) is 0 Å². The Bertz CT molecular complexity index is 557. The number of carbonyl (C=O) groups excluding carboxylic acids is 2. The number of hydrogen-bond acceptors (Lipinski definition) is 4. The predicted octanol–water partition coefficient (Wildman–Crippen LogP) is 0.365. The summed E-state index contributed by atoms with van der Waals surface area (Å²) in [6, 6.07) is 5.86. The number of fused-ring (bicyclic) bond motifs is 1. The summed E-state index contributed by atoms with van der Waals surface area (Å²) < 4.78 is 5.44. The van der Waals surface area contributed by atoms with Crippen molar-refractivity contribution in [1.29, 1.82) is 0 Å². The number of para-hydroxylation sites is 2. The Morgan fingerprint density at radius 2 is 2.15 bits per heavy atom. The van der Waals surface area contributed by atoms with Crippen LogP contribution >= 0.6 is 0 Å². The summed E-state index contributed by atoms with van der Waals surface area (Å²) in [4.78, 5) is 34.1. The second-order valence-corrected chi connectivity index (χ2v) is 4.42. The summed E-state index contributed by atoms with van der Waals surface area (Å²) >= 11 is 0. The molecule has 2 amide bonds. The molecule has 1 heterocycles. The Morgan fingerprint density at radius 3 is 2.85 bits per heavy atom. The highest BCUT2D eigenvalue weighted by Crippen LogP contribution is 2.29. The van der Waals surface area contributed by atoms with E-state index in [0.717, 1.165) is 0 Å². The zero-order chi connectivity index (χ0) is 14.7. The van der Waals surface area contributed by atoms with Gasteiger partial charge in [0.15, 0.2) is 6.10 Å². The summed E-state index contributed by atoms with van der Waals surface area (Å²) in [6.45, 7) is 1.34.